The van der Waals surface area contributed by atoms with E-state index in [0.29, 0.717) is 11.8 Å². The average molecular weight is 268 g/mol. The average Bonchev–Trinajstić information content (AvgIpc) is 2.47. The Morgan fingerprint density at radius 1 is 1.25 bits per heavy atom. The van der Waals surface area contributed by atoms with Gasteiger partial charge in [0.25, 0.3) is 0 Å². The first-order valence-electron chi connectivity index (χ1n) is 7.14. The van der Waals surface area contributed by atoms with E-state index in [2.05, 4.69) is 29.6 Å². The van der Waals surface area contributed by atoms with Crippen LogP contribution < -0.4 is 10.1 Å². The molecule has 0 radical (unpaired) electrons. The number of methoxy groups -OCH3 is 1. The van der Waals surface area contributed by atoms with Crippen molar-refractivity contribution in [2.75, 3.05) is 13.7 Å². The Kier molecular flexibility index (Phi) is 2.51. The van der Waals surface area contributed by atoms with E-state index in [4.69, 9.17) is 4.74 Å². The van der Waals surface area contributed by atoms with Gasteiger partial charge in [0.2, 0.25) is 0 Å². The van der Waals surface area contributed by atoms with E-state index in [9.17, 15) is 5.11 Å². The smallest absolute Gasteiger partial charge is 0.168 e. The number of benzene rings is 2. The summed E-state index contributed by atoms with van der Waals surface area (Å²) in [7, 11) is 1.64. The maximum absolute atomic E-state index is 10.3. The van der Waals surface area contributed by atoms with E-state index in [1.54, 1.807) is 7.11 Å². The van der Waals surface area contributed by atoms with E-state index in [1.807, 2.05) is 6.07 Å². The minimum absolute atomic E-state index is 0.263. The standard InChI is InChI=1S/C17H17NO2/c1-20-17-14(19)9-11-6-7-18-13-8-10-4-2-3-5-12(10)16(17)15(11)13/h2-5,9,13,18-19H,6-8H2,1H3/p+1/t13-/m1/s1. The third-order valence-corrected chi connectivity index (χ3v) is 4.55. The number of aromatic hydroxyl groups is 1. The largest absolute Gasteiger partial charge is 0.504 e. The molecular formula is C17H18NO2+. The molecule has 4 rings (SSSR count). The van der Waals surface area contributed by atoms with Gasteiger partial charge in [0, 0.05) is 24.0 Å². The molecule has 3 N–H and O–H groups in total. The molecule has 2 aliphatic rings. The maximum atomic E-state index is 10.3. The SMILES string of the molecule is COc1c(O)cc2c3c1-c1ccccc1C[C@H]3[NH2+]CC2. The Morgan fingerprint density at radius 3 is 2.95 bits per heavy atom. The summed E-state index contributed by atoms with van der Waals surface area (Å²) in [5.41, 5.74) is 6.30. The van der Waals surface area contributed by atoms with Crippen LogP contribution in [0.15, 0.2) is 30.3 Å². The Balaban J connectivity index is 2.10. The molecule has 3 nitrogen and oxygen atoms in total. The minimum atomic E-state index is 0.263. The molecule has 1 aliphatic heterocycles. The molecule has 2 aromatic rings. The van der Waals surface area contributed by atoms with Crippen molar-refractivity contribution in [2.45, 2.75) is 18.9 Å². The van der Waals surface area contributed by atoms with Crippen LogP contribution in [0.4, 0.5) is 0 Å². The zero-order chi connectivity index (χ0) is 13.7. The number of nitrogens with two attached hydrogens (primary N) is 1. The highest BCUT2D eigenvalue weighted by atomic mass is 16.5. The lowest BCUT2D eigenvalue weighted by Gasteiger charge is -2.32. The van der Waals surface area contributed by atoms with E-state index >= 15 is 0 Å². The minimum Gasteiger partial charge on any atom is -0.504 e. The van der Waals surface area contributed by atoms with Crippen molar-refractivity contribution in [1.29, 1.82) is 0 Å². The number of fused-ring (bicyclic) bond motifs is 2. The summed E-state index contributed by atoms with van der Waals surface area (Å²) in [6, 6.07) is 10.8. The number of ether oxygens (including phenoxy) is 1. The predicted octanol–water partition coefficient (Wildman–Crippen LogP) is 1.78. The van der Waals surface area contributed by atoms with Gasteiger partial charge in [-0.15, -0.1) is 0 Å². The van der Waals surface area contributed by atoms with Crippen molar-refractivity contribution in [3.8, 4) is 22.6 Å². The molecule has 0 saturated heterocycles. The van der Waals surface area contributed by atoms with Gasteiger partial charge in [-0.1, -0.05) is 24.3 Å². The molecule has 0 saturated carbocycles. The molecule has 0 bridgehead atoms. The Bertz CT molecular complexity index is 694. The molecular weight excluding hydrogens is 250 g/mol. The van der Waals surface area contributed by atoms with Crippen LogP contribution in [0.3, 0.4) is 0 Å². The number of hydrogen-bond donors (Lipinski definition) is 2. The molecule has 0 fully saturated rings. The monoisotopic (exact) mass is 268 g/mol. The Labute approximate surface area is 118 Å². The lowest BCUT2D eigenvalue weighted by Crippen LogP contribution is -2.87. The predicted molar refractivity (Wildman–Crippen MR) is 77.0 cm³/mol. The van der Waals surface area contributed by atoms with Gasteiger partial charge < -0.3 is 15.2 Å². The van der Waals surface area contributed by atoms with E-state index in [1.165, 1.54) is 22.3 Å². The van der Waals surface area contributed by atoms with Crippen LogP contribution in [0, 0.1) is 0 Å². The molecule has 20 heavy (non-hydrogen) atoms. The summed E-state index contributed by atoms with van der Waals surface area (Å²) in [4.78, 5) is 0. The quantitative estimate of drug-likeness (QED) is 0.828. The van der Waals surface area contributed by atoms with Gasteiger partial charge in [-0.05, 0) is 22.8 Å². The highest BCUT2D eigenvalue weighted by Crippen LogP contribution is 2.48. The van der Waals surface area contributed by atoms with Crippen molar-refractivity contribution in [3.63, 3.8) is 0 Å². The third kappa shape index (κ3) is 1.50. The number of phenolic OH excluding ortho intramolecular Hbond substituents is 1. The van der Waals surface area contributed by atoms with Gasteiger partial charge in [-0.25, -0.2) is 0 Å². The summed E-state index contributed by atoms with van der Waals surface area (Å²) in [5.74, 6) is 0.884. The summed E-state index contributed by atoms with van der Waals surface area (Å²) in [5, 5.41) is 12.7. The maximum Gasteiger partial charge on any atom is 0.168 e. The zero-order valence-corrected chi connectivity index (χ0v) is 11.5. The summed E-state index contributed by atoms with van der Waals surface area (Å²) >= 11 is 0. The number of hydrogen-bond acceptors (Lipinski definition) is 2. The molecule has 0 unspecified atom stereocenters. The molecule has 1 atom stereocenters. The molecule has 2 aromatic carbocycles. The molecule has 1 aliphatic carbocycles. The van der Waals surface area contributed by atoms with E-state index < -0.39 is 0 Å². The van der Waals surface area contributed by atoms with Gasteiger partial charge in [0.15, 0.2) is 11.5 Å². The second kappa shape index (κ2) is 4.25. The highest BCUT2D eigenvalue weighted by Gasteiger charge is 2.35. The van der Waals surface area contributed by atoms with Crippen molar-refractivity contribution < 1.29 is 15.2 Å². The van der Waals surface area contributed by atoms with Crippen molar-refractivity contribution in [1.82, 2.24) is 0 Å². The van der Waals surface area contributed by atoms with Gasteiger partial charge >= 0.3 is 0 Å². The van der Waals surface area contributed by atoms with Crippen LogP contribution in [-0.4, -0.2) is 18.8 Å². The fraction of sp³-hybridized carbons (Fsp3) is 0.294. The van der Waals surface area contributed by atoms with E-state index in [0.717, 1.165) is 24.9 Å². The van der Waals surface area contributed by atoms with Gasteiger partial charge in [0.05, 0.1) is 13.7 Å². The van der Waals surface area contributed by atoms with Crippen LogP contribution in [0.5, 0.6) is 11.5 Å². The summed E-state index contributed by atoms with van der Waals surface area (Å²) < 4.78 is 5.51. The molecule has 0 aromatic heterocycles. The number of rotatable bonds is 1. The van der Waals surface area contributed by atoms with Gasteiger partial charge in [0.1, 0.15) is 6.04 Å². The summed E-state index contributed by atoms with van der Waals surface area (Å²) in [6.45, 7) is 1.09. The topological polar surface area (TPSA) is 46.1 Å². The fourth-order valence-corrected chi connectivity index (χ4v) is 3.75. The van der Waals surface area contributed by atoms with Crippen molar-refractivity contribution in [3.05, 3.63) is 47.0 Å². The Hall–Kier alpha value is -2.00. The lowest BCUT2D eigenvalue weighted by atomic mass is 9.77. The van der Waals surface area contributed by atoms with Crippen LogP contribution in [0.25, 0.3) is 11.1 Å². The number of phenols is 1. The number of quaternary nitrogens is 1. The van der Waals surface area contributed by atoms with Gasteiger partial charge in [-0.2, -0.15) is 0 Å². The summed E-state index contributed by atoms with van der Waals surface area (Å²) in [6.07, 6.45) is 2.07. The second-order valence-corrected chi connectivity index (χ2v) is 5.62. The molecule has 1 heterocycles. The molecule has 3 heteroatoms. The normalized spacial score (nSPS) is 19.1. The lowest BCUT2D eigenvalue weighted by molar-refractivity contribution is -0.698. The highest BCUT2D eigenvalue weighted by molar-refractivity contribution is 5.82. The van der Waals surface area contributed by atoms with Crippen molar-refractivity contribution >= 4 is 0 Å². The van der Waals surface area contributed by atoms with Crippen LogP contribution >= 0.6 is 0 Å². The fourth-order valence-electron chi connectivity index (χ4n) is 3.75. The first kappa shape index (κ1) is 11.8. The molecule has 0 spiro atoms. The van der Waals surface area contributed by atoms with Gasteiger partial charge in [-0.3, -0.25) is 0 Å². The van der Waals surface area contributed by atoms with Crippen LogP contribution in [0.1, 0.15) is 22.7 Å². The molecule has 102 valence electrons. The Morgan fingerprint density at radius 2 is 2.10 bits per heavy atom. The molecule has 0 amide bonds. The zero-order valence-electron chi connectivity index (χ0n) is 11.5. The third-order valence-electron chi connectivity index (χ3n) is 4.55. The van der Waals surface area contributed by atoms with E-state index in [-0.39, 0.29) is 5.75 Å². The first-order valence-corrected chi connectivity index (χ1v) is 7.14. The van der Waals surface area contributed by atoms with Crippen LogP contribution in [0.2, 0.25) is 0 Å². The van der Waals surface area contributed by atoms with Crippen LogP contribution in [-0.2, 0) is 12.8 Å². The second-order valence-electron chi connectivity index (χ2n) is 5.62. The first-order chi connectivity index (χ1) is 9.79. The van der Waals surface area contributed by atoms with Crippen molar-refractivity contribution in [2.24, 2.45) is 0 Å².